The first-order valence-corrected chi connectivity index (χ1v) is 8.70. The number of aryl methyl sites for hydroxylation is 2. The fraction of sp³-hybridized carbons (Fsp3) is 0.267. The quantitative estimate of drug-likeness (QED) is 0.553. The van der Waals surface area contributed by atoms with Crippen molar-refractivity contribution in [2.24, 2.45) is 0 Å². The third kappa shape index (κ3) is 2.95. The van der Waals surface area contributed by atoms with E-state index in [-0.39, 0.29) is 0 Å². The molecule has 2 aromatic heterocycles. The standard InChI is InChI=1S/C15H16N4O5S/c1-9-13(10(2)23-17-9)15-16-14(18-24-15)11-5-7-12(8-6-11)19(3,4)25(20,21)22/h5-8H,1-4H3/p+1. The third-order valence-corrected chi connectivity index (χ3v) is 5.36. The smallest absolute Gasteiger partial charge is 0.361 e. The first-order valence-electron chi connectivity index (χ1n) is 7.31. The van der Waals surface area contributed by atoms with Crippen LogP contribution in [0.15, 0.2) is 33.3 Å². The van der Waals surface area contributed by atoms with Gasteiger partial charge in [0.1, 0.15) is 17.0 Å². The minimum absolute atomic E-state index is 0.296. The second kappa shape index (κ2) is 5.76. The number of aromatic nitrogens is 3. The van der Waals surface area contributed by atoms with Gasteiger partial charge in [-0.25, -0.2) is 4.55 Å². The Hall–Kier alpha value is -2.56. The zero-order valence-electron chi connectivity index (χ0n) is 14.1. The molecule has 0 atom stereocenters. The van der Waals surface area contributed by atoms with Gasteiger partial charge in [-0.3, -0.25) is 0 Å². The lowest BCUT2D eigenvalue weighted by atomic mass is 10.2. The molecular formula is C15H17N4O5S+. The summed E-state index contributed by atoms with van der Waals surface area (Å²) < 4.78 is 42.0. The zero-order chi connectivity index (χ0) is 18.4. The van der Waals surface area contributed by atoms with Crippen molar-refractivity contribution < 1.29 is 22.0 Å². The molecule has 1 aromatic carbocycles. The maximum atomic E-state index is 11.5. The summed E-state index contributed by atoms with van der Waals surface area (Å²) in [7, 11) is -1.56. The lowest BCUT2D eigenvalue weighted by molar-refractivity contribution is 0.392. The summed E-state index contributed by atoms with van der Waals surface area (Å²) in [5, 5.41) is 7.79. The fourth-order valence-electron chi connectivity index (χ4n) is 2.33. The number of benzene rings is 1. The zero-order valence-corrected chi connectivity index (χ0v) is 14.9. The van der Waals surface area contributed by atoms with Gasteiger partial charge in [-0.15, -0.1) is 8.42 Å². The second-order valence-corrected chi connectivity index (χ2v) is 7.78. The Morgan fingerprint density at radius 2 is 1.68 bits per heavy atom. The number of hydrogen-bond donors (Lipinski definition) is 1. The van der Waals surface area contributed by atoms with Gasteiger partial charge in [0.05, 0.1) is 19.8 Å². The SMILES string of the molecule is Cc1noc(C)c1-c1nc(-c2ccc([N+](C)(C)S(=O)(=O)O)cc2)no1. The molecular weight excluding hydrogens is 348 g/mol. The average Bonchev–Trinajstić information content (AvgIpc) is 3.13. The molecule has 0 fully saturated rings. The summed E-state index contributed by atoms with van der Waals surface area (Å²) in [5.74, 6) is 1.22. The molecule has 25 heavy (non-hydrogen) atoms. The van der Waals surface area contributed by atoms with Gasteiger partial charge in [0, 0.05) is 17.7 Å². The maximum Gasteiger partial charge on any atom is 0.437 e. The minimum Gasteiger partial charge on any atom is -0.361 e. The predicted molar refractivity (Wildman–Crippen MR) is 89.9 cm³/mol. The summed E-state index contributed by atoms with van der Waals surface area (Å²) in [5.41, 5.74) is 2.33. The lowest BCUT2D eigenvalue weighted by Crippen LogP contribution is -2.45. The van der Waals surface area contributed by atoms with E-state index in [1.807, 2.05) is 0 Å². The third-order valence-electron chi connectivity index (χ3n) is 4.00. The van der Waals surface area contributed by atoms with Crippen LogP contribution in [-0.2, 0) is 10.3 Å². The molecule has 0 unspecified atom stereocenters. The van der Waals surface area contributed by atoms with Crippen LogP contribution in [0.4, 0.5) is 5.69 Å². The summed E-state index contributed by atoms with van der Waals surface area (Å²) in [6.45, 7) is 3.53. The van der Waals surface area contributed by atoms with E-state index in [0.29, 0.717) is 40.0 Å². The molecule has 3 rings (SSSR count). The van der Waals surface area contributed by atoms with Crippen molar-refractivity contribution in [3.8, 4) is 22.8 Å². The Morgan fingerprint density at radius 1 is 1.04 bits per heavy atom. The van der Waals surface area contributed by atoms with Crippen LogP contribution in [0.2, 0.25) is 0 Å². The molecule has 2 heterocycles. The molecule has 3 aromatic rings. The lowest BCUT2D eigenvalue weighted by Gasteiger charge is -2.23. The summed E-state index contributed by atoms with van der Waals surface area (Å²) in [6, 6.07) is 6.47. The Balaban J connectivity index is 1.95. The molecule has 0 amide bonds. The van der Waals surface area contributed by atoms with Gasteiger partial charge in [-0.2, -0.15) is 8.87 Å². The molecule has 0 bridgehead atoms. The Kier molecular flexibility index (Phi) is 3.98. The van der Waals surface area contributed by atoms with E-state index in [9.17, 15) is 13.0 Å². The monoisotopic (exact) mass is 365 g/mol. The van der Waals surface area contributed by atoms with E-state index in [0.717, 1.165) is 0 Å². The van der Waals surface area contributed by atoms with Crippen LogP contribution in [0.25, 0.3) is 22.8 Å². The Labute approximate surface area is 144 Å². The van der Waals surface area contributed by atoms with Crippen molar-refractivity contribution in [3.05, 3.63) is 35.7 Å². The van der Waals surface area contributed by atoms with Crippen molar-refractivity contribution in [1.29, 1.82) is 0 Å². The molecule has 1 N–H and O–H groups in total. The maximum absolute atomic E-state index is 11.5. The van der Waals surface area contributed by atoms with Crippen LogP contribution >= 0.6 is 0 Å². The van der Waals surface area contributed by atoms with Gasteiger partial charge in [0.2, 0.25) is 5.82 Å². The van der Waals surface area contributed by atoms with Crippen LogP contribution in [0, 0.1) is 13.8 Å². The van der Waals surface area contributed by atoms with Gasteiger partial charge in [-0.1, -0.05) is 10.3 Å². The van der Waals surface area contributed by atoms with Gasteiger partial charge in [-0.05, 0) is 26.0 Å². The van der Waals surface area contributed by atoms with E-state index in [1.165, 1.54) is 14.1 Å². The highest BCUT2D eigenvalue weighted by Crippen LogP contribution is 2.29. The normalized spacial score (nSPS) is 12.5. The van der Waals surface area contributed by atoms with E-state index in [4.69, 9.17) is 9.05 Å². The van der Waals surface area contributed by atoms with Gasteiger partial charge >= 0.3 is 10.3 Å². The van der Waals surface area contributed by atoms with E-state index >= 15 is 0 Å². The van der Waals surface area contributed by atoms with E-state index in [2.05, 4.69) is 15.3 Å². The van der Waals surface area contributed by atoms with E-state index < -0.39 is 14.2 Å². The Morgan fingerprint density at radius 3 is 2.20 bits per heavy atom. The highest BCUT2D eigenvalue weighted by molar-refractivity contribution is 7.85. The minimum atomic E-state index is -4.30. The highest BCUT2D eigenvalue weighted by Gasteiger charge is 2.33. The number of rotatable bonds is 4. The summed E-state index contributed by atoms with van der Waals surface area (Å²) in [6.07, 6.45) is 0. The first-order chi connectivity index (χ1) is 11.6. The summed E-state index contributed by atoms with van der Waals surface area (Å²) >= 11 is 0. The van der Waals surface area contributed by atoms with Gasteiger partial charge in [0.25, 0.3) is 5.89 Å². The molecule has 0 aliphatic carbocycles. The van der Waals surface area contributed by atoms with Crippen LogP contribution in [0.3, 0.4) is 0 Å². The molecule has 0 aliphatic rings. The molecule has 132 valence electrons. The predicted octanol–water partition coefficient (Wildman–Crippen LogP) is 2.38. The molecule has 10 heteroatoms. The van der Waals surface area contributed by atoms with Crippen molar-refractivity contribution in [1.82, 2.24) is 19.2 Å². The molecule has 0 spiro atoms. The number of quaternary nitrogens is 1. The van der Waals surface area contributed by atoms with Crippen molar-refractivity contribution in [2.75, 3.05) is 14.1 Å². The number of nitrogens with zero attached hydrogens (tertiary/aromatic N) is 4. The summed E-state index contributed by atoms with van der Waals surface area (Å²) in [4.78, 5) is 4.33. The topological polar surface area (TPSA) is 119 Å². The highest BCUT2D eigenvalue weighted by atomic mass is 32.2. The molecule has 0 saturated heterocycles. The average molecular weight is 365 g/mol. The van der Waals surface area contributed by atoms with E-state index in [1.54, 1.807) is 38.1 Å². The van der Waals surface area contributed by atoms with Crippen molar-refractivity contribution >= 4 is 16.0 Å². The molecule has 0 aliphatic heterocycles. The second-order valence-electron chi connectivity index (χ2n) is 5.97. The van der Waals surface area contributed by atoms with Crippen molar-refractivity contribution in [3.63, 3.8) is 0 Å². The van der Waals surface area contributed by atoms with Crippen molar-refractivity contribution in [2.45, 2.75) is 13.8 Å². The van der Waals surface area contributed by atoms with Crippen LogP contribution in [0.5, 0.6) is 0 Å². The largest absolute Gasteiger partial charge is 0.437 e. The molecule has 0 saturated carbocycles. The fourth-order valence-corrected chi connectivity index (χ4v) is 2.72. The van der Waals surface area contributed by atoms with Crippen LogP contribution in [-0.4, -0.2) is 42.4 Å². The van der Waals surface area contributed by atoms with Gasteiger partial charge in [0.15, 0.2) is 0 Å². The molecule has 0 radical (unpaired) electrons. The first kappa shape index (κ1) is 17.3. The van der Waals surface area contributed by atoms with Crippen LogP contribution < -0.4 is 3.89 Å². The van der Waals surface area contributed by atoms with Gasteiger partial charge < -0.3 is 9.05 Å². The Bertz CT molecular complexity index is 999. The molecule has 9 nitrogen and oxygen atoms in total. The number of hydrogen-bond acceptors (Lipinski definition) is 7. The van der Waals surface area contributed by atoms with Crippen LogP contribution in [0.1, 0.15) is 11.5 Å².